The van der Waals surface area contributed by atoms with Crippen molar-refractivity contribution in [1.29, 1.82) is 0 Å². The zero-order valence-electron chi connectivity index (χ0n) is 10.1. The van der Waals surface area contributed by atoms with Crippen molar-refractivity contribution in [3.05, 3.63) is 53.1 Å². The van der Waals surface area contributed by atoms with Crippen LogP contribution in [0.2, 0.25) is 5.02 Å². The molecule has 3 aromatic rings. The number of carboxylic acid groups (broad SMARTS) is 1. The first kappa shape index (κ1) is 12.5. The summed E-state index contributed by atoms with van der Waals surface area (Å²) in [5, 5.41) is 12.5. The number of halogens is 1. The van der Waals surface area contributed by atoms with E-state index in [2.05, 4.69) is 10.3 Å². The summed E-state index contributed by atoms with van der Waals surface area (Å²) in [5.41, 5.74) is 1.89. The fraction of sp³-hybridized carbons (Fsp3) is 0. The third kappa shape index (κ3) is 2.44. The van der Waals surface area contributed by atoms with Crippen LogP contribution in [-0.4, -0.2) is 16.1 Å². The molecule has 2 N–H and O–H groups in total. The Hall–Kier alpha value is -2.53. The summed E-state index contributed by atoms with van der Waals surface area (Å²) in [7, 11) is 0. The van der Waals surface area contributed by atoms with Gasteiger partial charge in [0.25, 0.3) is 6.01 Å². The fourth-order valence-electron chi connectivity index (χ4n) is 1.80. The van der Waals surface area contributed by atoms with Gasteiger partial charge < -0.3 is 14.8 Å². The molecular weight excluding hydrogens is 280 g/mol. The second-order valence-electron chi connectivity index (χ2n) is 4.14. The second kappa shape index (κ2) is 4.86. The number of nitrogens with zero attached hydrogens (tertiary/aromatic N) is 1. The lowest BCUT2D eigenvalue weighted by atomic mass is 10.2. The summed E-state index contributed by atoms with van der Waals surface area (Å²) < 4.78 is 5.47. The average Bonchev–Trinajstić information content (AvgIpc) is 2.79. The van der Waals surface area contributed by atoms with Crippen LogP contribution in [0.1, 0.15) is 10.4 Å². The molecule has 5 nitrogen and oxygen atoms in total. The van der Waals surface area contributed by atoms with E-state index < -0.39 is 5.97 Å². The molecule has 1 heterocycles. The number of oxazole rings is 1. The molecule has 0 aliphatic carbocycles. The van der Waals surface area contributed by atoms with Crippen molar-refractivity contribution in [2.75, 3.05) is 5.32 Å². The molecule has 0 fully saturated rings. The molecule has 100 valence electrons. The third-order valence-electron chi connectivity index (χ3n) is 2.71. The van der Waals surface area contributed by atoms with E-state index in [-0.39, 0.29) is 11.6 Å². The van der Waals surface area contributed by atoms with Gasteiger partial charge in [-0.05, 0) is 36.4 Å². The number of anilines is 2. The molecule has 0 radical (unpaired) electrons. The molecule has 0 aliphatic rings. The van der Waals surface area contributed by atoms with Crippen LogP contribution < -0.4 is 5.32 Å². The smallest absolute Gasteiger partial charge is 0.335 e. The van der Waals surface area contributed by atoms with Crippen LogP contribution in [0.3, 0.4) is 0 Å². The number of rotatable bonds is 3. The Morgan fingerprint density at radius 1 is 1.25 bits per heavy atom. The Labute approximate surface area is 118 Å². The van der Waals surface area contributed by atoms with Crippen LogP contribution in [0.15, 0.2) is 46.9 Å². The summed E-state index contributed by atoms with van der Waals surface area (Å²) in [4.78, 5) is 15.1. The maximum atomic E-state index is 10.9. The molecule has 6 heteroatoms. The lowest BCUT2D eigenvalue weighted by Crippen LogP contribution is -1.94. The number of carbonyl (C=O) groups is 1. The van der Waals surface area contributed by atoms with Gasteiger partial charge in [0.15, 0.2) is 5.58 Å². The van der Waals surface area contributed by atoms with E-state index in [9.17, 15) is 4.79 Å². The highest BCUT2D eigenvalue weighted by Gasteiger charge is 2.09. The van der Waals surface area contributed by atoms with Gasteiger partial charge in [-0.3, -0.25) is 0 Å². The van der Waals surface area contributed by atoms with Gasteiger partial charge in [-0.15, -0.1) is 0 Å². The molecular formula is C14H9ClN2O3. The molecule has 0 bridgehead atoms. The molecule has 20 heavy (non-hydrogen) atoms. The summed E-state index contributed by atoms with van der Waals surface area (Å²) in [6.45, 7) is 0. The van der Waals surface area contributed by atoms with E-state index in [1.807, 2.05) is 6.07 Å². The number of aromatic carboxylic acids is 1. The summed E-state index contributed by atoms with van der Waals surface area (Å²) in [6, 6.07) is 11.9. The van der Waals surface area contributed by atoms with Crippen LogP contribution >= 0.6 is 11.6 Å². The molecule has 3 rings (SSSR count). The summed E-state index contributed by atoms with van der Waals surface area (Å²) >= 11 is 5.89. The maximum absolute atomic E-state index is 10.9. The Morgan fingerprint density at radius 2 is 2.10 bits per heavy atom. The van der Waals surface area contributed by atoms with Gasteiger partial charge in [0.05, 0.1) is 5.56 Å². The number of fused-ring (bicyclic) bond motifs is 1. The molecule has 2 aromatic carbocycles. The first-order valence-corrected chi connectivity index (χ1v) is 6.16. The van der Waals surface area contributed by atoms with Crippen molar-refractivity contribution in [2.24, 2.45) is 0 Å². The number of hydrogen-bond acceptors (Lipinski definition) is 4. The SMILES string of the molecule is O=C(O)c1ccc2nc(Nc3cccc(Cl)c3)oc2c1. The van der Waals surface area contributed by atoms with Crippen LogP contribution in [0.25, 0.3) is 11.1 Å². The van der Waals surface area contributed by atoms with Crippen molar-refractivity contribution in [3.8, 4) is 0 Å². The zero-order valence-corrected chi connectivity index (χ0v) is 10.9. The summed E-state index contributed by atoms with van der Waals surface area (Å²) in [6.07, 6.45) is 0. The number of carboxylic acids is 1. The minimum atomic E-state index is -1.01. The molecule has 0 saturated carbocycles. The number of aromatic nitrogens is 1. The second-order valence-corrected chi connectivity index (χ2v) is 4.58. The van der Waals surface area contributed by atoms with Gasteiger partial charge in [0.1, 0.15) is 5.52 Å². The highest BCUT2D eigenvalue weighted by molar-refractivity contribution is 6.30. The highest BCUT2D eigenvalue weighted by Crippen LogP contribution is 2.24. The van der Waals surface area contributed by atoms with E-state index in [0.717, 1.165) is 5.69 Å². The van der Waals surface area contributed by atoms with E-state index >= 15 is 0 Å². The van der Waals surface area contributed by atoms with E-state index in [0.29, 0.717) is 16.1 Å². The normalized spacial score (nSPS) is 10.7. The number of nitrogens with one attached hydrogen (secondary N) is 1. The van der Waals surface area contributed by atoms with Gasteiger partial charge in [0.2, 0.25) is 0 Å². The standard InChI is InChI=1S/C14H9ClN2O3/c15-9-2-1-3-10(7-9)16-14-17-11-5-4-8(13(18)19)6-12(11)20-14/h1-7H,(H,16,17)(H,18,19). The Bertz CT molecular complexity index is 798. The first-order chi connectivity index (χ1) is 9.61. The molecule has 0 spiro atoms. The minimum Gasteiger partial charge on any atom is -0.478 e. The Kier molecular flexibility index (Phi) is 3.04. The Morgan fingerprint density at radius 3 is 2.85 bits per heavy atom. The van der Waals surface area contributed by atoms with Gasteiger partial charge in [-0.25, -0.2) is 4.79 Å². The quantitative estimate of drug-likeness (QED) is 0.764. The fourth-order valence-corrected chi connectivity index (χ4v) is 1.99. The highest BCUT2D eigenvalue weighted by atomic mass is 35.5. The molecule has 1 aromatic heterocycles. The first-order valence-electron chi connectivity index (χ1n) is 5.78. The van der Waals surface area contributed by atoms with Crippen molar-refractivity contribution in [2.45, 2.75) is 0 Å². The van der Waals surface area contributed by atoms with Crippen molar-refractivity contribution in [1.82, 2.24) is 4.98 Å². The van der Waals surface area contributed by atoms with Gasteiger partial charge in [-0.1, -0.05) is 17.7 Å². The third-order valence-corrected chi connectivity index (χ3v) is 2.95. The zero-order chi connectivity index (χ0) is 14.1. The lowest BCUT2D eigenvalue weighted by molar-refractivity contribution is 0.0697. The van der Waals surface area contributed by atoms with E-state index in [1.165, 1.54) is 12.1 Å². The van der Waals surface area contributed by atoms with Gasteiger partial charge in [0, 0.05) is 10.7 Å². The molecule has 0 amide bonds. The Balaban J connectivity index is 1.95. The molecule has 0 unspecified atom stereocenters. The van der Waals surface area contributed by atoms with Crippen LogP contribution in [-0.2, 0) is 0 Å². The predicted molar refractivity (Wildman–Crippen MR) is 75.7 cm³/mol. The monoisotopic (exact) mass is 288 g/mol. The molecule has 0 aliphatic heterocycles. The number of benzene rings is 2. The van der Waals surface area contributed by atoms with Crippen LogP contribution in [0, 0.1) is 0 Å². The van der Waals surface area contributed by atoms with Gasteiger partial charge in [-0.2, -0.15) is 4.98 Å². The van der Waals surface area contributed by atoms with Crippen molar-refractivity contribution >= 4 is 40.4 Å². The molecule has 0 saturated heterocycles. The van der Waals surface area contributed by atoms with Gasteiger partial charge >= 0.3 is 5.97 Å². The predicted octanol–water partition coefficient (Wildman–Crippen LogP) is 3.92. The average molecular weight is 289 g/mol. The van der Waals surface area contributed by atoms with E-state index in [4.69, 9.17) is 21.1 Å². The maximum Gasteiger partial charge on any atom is 0.335 e. The largest absolute Gasteiger partial charge is 0.478 e. The van der Waals surface area contributed by atoms with Crippen molar-refractivity contribution in [3.63, 3.8) is 0 Å². The molecule has 0 atom stereocenters. The van der Waals surface area contributed by atoms with Crippen LogP contribution in [0.5, 0.6) is 0 Å². The minimum absolute atomic E-state index is 0.156. The topological polar surface area (TPSA) is 75.4 Å². The number of hydrogen-bond donors (Lipinski definition) is 2. The lowest BCUT2D eigenvalue weighted by Gasteiger charge is -2.00. The van der Waals surface area contributed by atoms with E-state index in [1.54, 1.807) is 24.3 Å². The van der Waals surface area contributed by atoms with Crippen LogP contribution in [0.4, 0.5) is 11.7 Å². The summed E-state index contributed by atoms with van der Waals surface area (Å²) in [5.74, 6) is -1.01. The van der Waals surface area contributed by atoms with Crippen molar-refractivity contribution < 1.29 is 14.3 Å².